The zero-order valence-corrected chi connectivity index (χ0v) is 40.3. The Hall–Kier alpha value is -1.73. The van der Waals surface area contributed by atoms with Crippen LogP contribution >= 0.6 is 48.0 Å². The number of benzene rings is 4. The van der Waals surface area contributed by atoms with Crippen molar-refractivity contribution in [2.75, 3.05) is 0 Å². The second-order valence-corrected chi connectivity index (χ2v) is 17.4. The number of rotatable bonds is 3. The van der Waals surface area contributed by atoms with Crippen LogP contribution in [0.5, 0.6) is 0 Å². The SMILES string of the molecule is CCCCC1[C-]=CC(C(C)(C)C)=C1.Cc1[c-]c2c(cc1C(C)(C)C)-c1cc(C(C)(C)C)c(C)cc1C2.Cl.Cl.Clc1c[c-]ccc1.Clc1c[c-]ccc1.[CH2]=[Zr]. The third-order valence-corrected chi connectivity index (χ3v) is 9.46. The Morgan fingerprint density at radius 1 is 0.759 bits per heavy atom. The van der Waals surface area contributed by atoms with Crippen molar-refractivity contribution in [2.45, 2.75) is 120 Å². The van der Waals surface area contributed by atoms with Crippen molar-refractivity contribution in [3.63, 3.8) is 0 Å². The molecular weight excluding hydrogens is 822 g/mol. The Kier molecular flexibility index (Phi) is 23.4. The molecule has 0 nitrogen and oxygen atoms in total. The van der Waals surface area contributed by atoms with Crippen LogP contribution in [0.4, 0.5) is 0 Å². The molecule has 0 bridgehead atoms. The summed E-state index contributed by atoms with van der Waals surface area (Å²) in [6.45, 7) is 27.3. The van der Waals surface area contributed by atoms with E-state index in [1.165, 1.54) is 93.6 Å². The van der Waals surface area contributed by atoms with Crippen LogP contribution in [0, 0.1) is 49.5 Å². The molecule has 6 rings (SSSR count). The summed E-state index contributed by atoms with van der Waals surface area (Å²) in [6, 6.07) is 31.0. The monoisotopic (exact) mass is 880 g/mol. The van der Waals surface area contributed by atoms with Gasteiger partial charge in [-0.15, -0.1) is 41.5 Å². The van der Waals surface area contributed by atoms with Gasteiger partial charge < -0.3 is 0 Å². The molecule has 0 spiro atoms. The minimum absolute atomic E-state index is 0. The van der Waals surface area contributed by atoms with Gasteiger partial charge in [-0.25, -0.2) is 6.08 Å². The van der Waals surface area contributed by atoms with Gasteiger partial charge in [0, 0.05) is 0 Å². The molecule has 54 heavy (non-hydrogen) atoms. The number of hydrogen-bond donors (Lipinski definition) is 0. The molecule has 4 aromatic rings. The third kappa shape index (κ3) is 16.8. The van der Waals surface area contributed by atoms with Crippen molar-refractivity contribution in [1.29, 1.82) is 0 Å². The fraction of sp³-hybridized carbons (Fsp3) is 0.408. The molecule has 0 saturated heterocycles. The zero-order valence-electron chi connectivity index (χ0n) is 34.7. The molecule has 0 heterocycles. The van der Waals surface area contributed by atoms with Crippen LogP contribution in [0.25, 0.3) is 11.1 Å². The summed E-state index contributed by atoms with van der Waals surface area (Å²) in [4.78, 5) is 0. The molecule has 2 aliphatic rings. The molecule has 0 fully saturated rings. The average Bonchev–Trinajstić information content (AvgIpc) is 3.69. The van der Waals surface area contributed by atoms with Gasteiger partial charge in [0.05, 0.1) is 0 Å². The van der Waals surface area contributed by atoms with Crippen molar-refractivity contribution in [3.8, 4) is 11.1 Å². The van der Waals surface area contributed by atoms with Gasteiger partial charge >= 0.3 is 28.4 Å². The van der Waals surface area contributed by atoms with Gasteiger partial charge in [-0.05, 0) is 35.4 Å². The first kappa shape index (κ1) is 52.3. The number of aryl methyl sites for hydroxylation is 2. The van der Waals surface area contributed by atoms with Gasteiger partial charge in [0.25, 0.3) is 0 Å². The normalized spacial score (nSPS) is 13.6. The molecule has 0 aliphatic heterocycles. The molecule has 1 atom stereocenters. The molecule has 1 unspecified atom stereocenters. The number of unbranched alkanes of at least 4 members (excludes halogenated alkanes) is 1. The van der Waals surface area contributed by atoms with E-state index in [1.54, 1.807) is 12.1 Å². The Bertz CT molecular complexity index is 1650. The van der Waals surface area contributed by atoms with E-state index >= 15 is 0 Å². The van der Waals surface area contributed by atoms with Crippen LogP contribution in [0.1, 0.15) is 122 Å². The first-order valence-electron chi connectivity index (χ1n) is 18.4. The summed E-state index contributed by atoms with van der Waals surface area (Å²) in [7, 11) is 0. The van der Waals surface area contributed by atoms with Gasteiger partial charge in [0.15, 0.2) is 0 Å². The Labute approximate surface area is 367 Å². The van der Waals surface area contributed by atoms with E-state index in [4.69, 9.17) is 23.2 Å². The van der Waals surface area contributed by atoms with Crippen LogP contribution in [-0.4, -0.2) is 4.21 Å². The topological polar surface area (TPSA) is 0 Å². The summed E-state index contributed by atoms with van der Waals surface area (Å²) >= 11 is 12.3. The van der Waals surface area contributed by atoms with Crippen LogP contribution in [0.15, 0.2) is 84.5 Å². The molecule has 2 aliphatic carbocycles. The first-order valence-corrected chi connectivity index (χ1v) is 20.9. The predicted molar refractivity (Wildman–Crippen MR) is 241 cm³/mol. The fourth-order valence-electron chi connectivity index (χ4n) is 6.33. The second-order valence-electron chi connectivity index (χ2n) is 16.6. The number of halogens is 4. The standard InChI is InChI=1S/C23H29.C13H21.2C6H4Cl.CH2.2ClH.Zr/c1-14-9-16-11-17-10-15(2)21(23(6,7)8)13-19(17)18(16)12-20(14)22(3,4)5;1-5-6-7-11-8-9-12(10-11)13(2,3)4;2*7-6-4-2-1-3-5-6;;;;/h9,12-13H,11H2,1-8H3;9-11H,5-7H2,1-4H3;2*1-2,4-5H;1H2;2*1H;/q4*-1;;;;. The van der Waals surface area contributed by atoms with E-state index in [0.29, 0.717) is 11.3 Å². The molecular formula is C49H62Cl4Zr-4. The third-order valence-electron chi connectivity index (χ3n) is 8.99. The molecule has 0 aromatic heterocycles. The first-order chi connectivity index (χ1) is 24.3. The minimum atomic E-state index is 0. The van der Waals surface area contributed by atoms with Crippen LogP contribution in [0.2, 0.25) is 10.0 Å². The summed E-state index contributed by atoms with van der Waals surface area (Å²) < 4.78 is 3.34. The predicted octanol–water partition coefficient (Wildman–Crippen LogP) is 15.5. The quantitative estimate of drug-likeness (QED) is 0.158. The zero-order chi connectivity index (χ0) is 39.3. The average molecular weight is 884 g/mol. The maximum atomic E-state index is 5.51. The van der Waals surface area contributed by atoms with Crippen molar-refractivity contribution in [2.24, 2.45) is 11.3 Å². The maximum absolute atomic E-state index is 5.51. The molecule has 0 saturated carbocycles. The van der Waals surface area contributed by atoms with E-state index in [1.807, 2.05) is 36.4 Å². The number of fused-ring (bicyclic) bond motifs is 3. The van der Waals surface area contributed by atoms with Crippen LogP contribution < -0.4 is 0 Å². The van der Waals surface area contributed by atoms with E-state index in [0.717, 1.165) is 16.5 Å². The molecule has 0 amide bonds. The number of hydrogen-bond acceptors (Lipinski definition) is 0. The van der Waals surface area contributed by atoms with Gasteiger partial charge in [-0.3, -0.25) is 6.08 Å². The molecule has 5 heteroatoms. The number of allylic oxidation sites excluding steroid dienone is 4. The summed E-state index contributed by atoms with van der Waals surface area (Å²) in [5.41, 5.74) is 13.4. The second kappa shape index (κ2) is 24.1. The summed E-state index contributed by atoms with van der Waals surface area (Å²) in [5, 5.41) is 1.48. The summed E-state index contributed by atoms with van der Waals surface area (Å²) in [6.07, 6.45) is 12.9. The Morgan fingerprint density at radius 3 is 1.67 bits per heavy atom. The fourth-order valence-corrected chi connectivity index (χ4v) is 6.60. The molecule has 0 N–H and O–H groups in total. The van der Waals surface area contributed by atoms with Gasteiger partial charge in [0.1, 0.15) is 0 Å². The van der Waals surface area contributed by atoms with Crippen molar-refractivity contribution < 1.29 is 24.2 Å². The van der Waals surface area contributed by atoms with Gasteiger partial charge in [-0.2, -0.15) is 113 Å². The van der Waals surface area contributed by atoms with Crippen molar-refractivity contribution in [3.05, 3.63) is 152 Å². The molecule has 4 aromatic carbocycles. The van der Waals surface area contributed by atoms with Crippen molar-refractivity contribution in [1.82, 2.24) is 0 Å². The van der Waals surface area contributed by atoms with E-state index in [2.05, 4.69) is 142 Å². The Morgan fingerprint density at radius 2 is 1.28 bits per heavy atom. The van der Waals surface area contributed by atoms with E-state index in [-0.39, 0.29) is 35.6 Å². The van der Waals surface area contributed by atoms with Gasteiger partial charge in [-0.1, -0.05) is 140 Å². The molecule has 294 valence electrons. The molecule has 0 radical (unpaired) electrons. The summed E-state index contributed by atoms with van der Waals surface area (Å²) in [5.74, 6) is 0.592. The van der Waals surface area contributed by atoms with E-state index in [9.17, 15) is 0 Å². The van der Waals surface area contributed by atoms with Crippen LogP contribution in [-0.2, 0) is 41.5 Å². The van der Waals surface area contributed by atoms with Gasteiger partial charge in [0.2, 0.25) is 0 Å². The Balaban J connectivity index is 0.000000764. The van der Waals surface area contributed by atoms with Crippen LogP contribution in [0.3, 0.4) is 0 Å². The van der Waals surface area contributed by atoms with Crippen molar-refractivity contribution >= 4 is 52.2 Å². The van der Waals surface area contributed by atoms with E-state index < -0.39 is 0 Å².